The van der Waals surface area contributed by atoms with E-state index in [-0.39, 0.29) is 24.5 Å². The lowest BCUT2D eigenvalue weighted by Crippen LogP contribution is -2.42. The molecule has 2 aliphatic rings. The number of aromatic nitrogens is 2. The number of hydrogen-bond acceptors (Lipinski definition) is 7. The van der Waals surface area contributed by atoms with Crippen LogP contribution in [0.5, 0.6) is 0 Å². The molecule has 9 heteroatoms. The van der Waals surface area contributed by atoms with Crippen molar-refractivity contribution in [2.24, 2.45) is 0 Å². The molecule has 0 saturated heterocycles. The summed E-state index contributed by atoms with van der Waals surface area (Å²) in [6, 6.07) is 11.6. The van der Waals surface area contributed by atoms with Crippen LogP contribution in [0.2, 0.25) is 0 Å². The molecule has 0 spiro atoms. The predicted molar refractivity (Wildman–Crippen MR) is 145 cm³/mol. The first-order valence-corrected chi connectivity index (χ1v) is 12.6. The Balaban J connectivity index is 1.17. The van der Waals surface area contributed by atoms with Crippen molar-refractivity contribution in [2.45, 2.75) is 44.3 Å². The van der Waals surface area contributed by atoms with Crippen molar-refractivity contribution in [3.8, 4) is 0 Å². The summed E-state index contributed by atoms with van der Waals surface area (Å²) in [7, 11) is 3.90. The molecule has 3 N–H and O–H groups in total. The number of fused-ring (bicyclic) bond motifs is 1. The summed E-state index contributed by atoms with van der Waals surface area (Å²) >= 11 is 0. The van der Waals surface area contributed by atoms with Gasteiger partial charge in [-0.3, -0.25) is 9.36 Å². The second-order valence-electron chi connectivity index (χ2n) is 9.51. The Morgan fingerprint density at radius 3 is 2.68 bits per heavy atom. The fraction of sp³-hybridized carbons (Fsp3) is 0.321. The van der Waals surface area contributed by atoms with Gasteiger partial charge in [0.15, 0.2) is 5.58 Å². The zero-order valence-electron chi connectivity index (χ0n) is 21.2. The van der Waals surface area contributed by atoms with Crippen LogP contribution in [0.3, 0.4) is 0 Å². The van der Waals surface area contributed by atoms with Gasteiger partial charge in [-0.1, -0.05) is 18.7 Å². The molecule has 9 nitrogen and oxygen atoms in total. The van der Waals surface area contributed by atoms with Crippen molar-refractivity contribution < 1.29 is 9.21 Å². The van der Waals surface area contributed by atoms with E-state index in [2.05, 4.69) is 39.7 Å². The molecule has 0 radical (unpaired) electrons. The summed E-state index contributed by atoms with van der Waals surface area (Å²) in [6.45, 7) is 4.02. The minimum absolute atomic E-state index is 0.0494. The first kappa shape index (κ1) is 24.4. The molecular weight excluding hydrogens is 468 g/mol. The number of para-hydroxylation sites is 2. The second kappa shape index (κ2) is 10.4. The first-order chi connectivity index (χ1) is 17.9. The summed E-state index contributed by atoms with van der Waals surface area (Å²) in [5.41, 5.74) is 4.19. The quantitative estimate of drug-likeness (QED) is 0.457. The number of nitrogens with zero attached hydrogens (tertiary/aromatic N) is 3. The Labute approximate surface area is 215 Å². The van der Waals surface area contributed by atoms with E-state index in [1.165, 1.54) is 4.57 Å². The Bertz CT molecular complexity index is 1440. The highest BCUT2D eigenvalue weighted by Gasteiger charge is 2.24. The fourth-order valence-electron chi connectivity index (χ4n) is 5.08. The molecular formula is C28H32N6O3. The van der Waals surface area contributed by atoms with Crippen LogP contribution >= 0.6 is 0 Å². The van der Waals surface area contributed by atoms with E-state index >= 15 is 0 Å². The van der Waals surface area contributed by atoms with E-state index in [0.29, 0.717) is 11.1 Å². The van der Waals surface area contributed by atoms with Gasteiger partial charge in [0, 0.05) is 43.6 Å². The van der Waals surface area contributed by atoms with Gasteiger partial charge >= 0.3 is 5.76 Å². The molecule has 5 rings (SSSR count). The lowest BCUT2D eigenvalue weighted by molar-refractivity contribution is -0.122. The minimum Gasteiger partial charge on any atom is -0.408 e. The number of benzene rings is 1. The topological polar surface area (TPSA) is 104 Å². The zero-order valence-corrected chi connectivity index (χ0v) is 21.2. The van der Waals surface area contributed by atoms with Gasteiger partial charge in [0.1, 0.15) is 18.2 Å². The standard InChI is InChI=1S/C28H32N6O3/c1-18-8-13-22(27(29-2)33(18)3)19-14-15-30-25(16-19)31-20-9-11-21(12-10-20)32-26(35)17-34-23-6-4-5-7-24(23)37-28(34)36/h4-8,13-16,20-21,29H,1,9-12,17H2,2-3H3,(H,30,31)(H,32,35). The van der Waals surface area contributed by atoms with Gasteiger partial charge < -0.3 is 25.3 Å². The molecule has 1 aromatic carbocycles. The molecule has 1 fully saturated rings. The summed E-state index contributed by atoms with van der Waals surface area (Å²) in [5.74, 6) is 1.13. The largest absolute Gasteiger partial charge is 0.420 e. The highest BCUT2D eigenvalue weighted by molar-refractivity contribution is 5.80. The molecule has 1 aliphatic carbocycles. The summed E-state index contributed by atoms with van der Waals surface area (Å²) in [6.07, 6.45) is 9.44. The Morgan fingerprint density at radius 2 is 1.89 bits per heavy atom. The Morgan fingerprint density at radius 1 is 1.14 bits per heavy atom. The van der Waals surface area contributed by atoms with Crippen LogP contribution in [0.25, 0.3) is 16.7 Å². The number of pyridine rings is 1. The smallest absolute Gasteiger partial charge is 0.408 e. The van der Waals surface area contributed by atoms with E-state index in [0.717, 1.165) is 54.2 Å². The van der Waals surface area contributed by atoms with Gasteiger partial charge in [-0.15, -0.1) is 0 Å². The molecule has 1 amide bonds. The number of rotatable bonds is 7. The number of allylic oxidation sites excluding steroid dienone is 3. The molecule has 3 heterocycles. The molecule has 0 unspecified atom stereocenters. The lowest BCUT2D eigenvalue weighted by Gasteiger charge is -2.30. The van der Waals surface area contributed by atoms with Crippen LogP contribution in [0, 0.1) is 0 Å². The van der Waals surface area contributed by atoms with Crippen LogP contribution in [0.1, 0.15) is 31.2 Å². The summed E-state index contributed by atoms with van der Waals surface area (Å²) in [4.78, 5) is 31.4. The van der Waals surface area contributed by atoms with Crippen LogP contribution in [0.15, 0.2) is 82.1 Å². The van der Waals surface area contributed by atoms with Gasteiger partial charge in [0.25, 0.3) is 0 Å². The normalized spacial score (nSPS) is 19.8. The van der Waals surface area contributed by atoms with Crippen molar-refractivity contribution >= 4 is 28.4 Å². The second-order valence-corrected chi connectivity index (χ2v) is 9.51. The maximum absolute atomic E-state index is 12.7. The third-order valence-corrected chi connectivity index (χ3v) is 7.09. The minimum atomic E-state index is -0.517. The van der Waals surface area contributed by atoms with Crippen LogP contribution in [-0.2, 0) is 11.3 Å². The molecule has 2 aromatic heterocycles. The van der Waals surface area contributed by atoms with Gasteiger partial charge in [-0.25, -0.2) is 9.78 Å². The average molecular weight is 501 g/mol. The number of carbonyl (C=O) groups is 1. The zero-order chi connectivity index (χ0) is 25.9. The third-order valence-electron chi connectivity index (χ3n) is 7.09. The molecule has 1 aliphatic heterocycles. The van der Waals surface area contributed by atoms with Crippen LogP contribution < -0.4 is 21.7 Å². The first-order valence-electron chi connectivity index (χ1n) is 12.6. The van der Waals surface area contributed by atoms with Gasteiger partial charge in [-0.2, -0.15) is 0 Å². The van der Waals surface area contributed by atoms with Crippen molar-refractivity contribution in [2.75, 3.05) is 19.4 Å². The van der Waals surface area contributed by atoms with E-state index in [4.69, 9.17) is 4.42 Å². The molecule has 37 heavy (non-hydrogen) atoms. The van der Waals surface area contributed by atoms with E-state index in [1.807, 2.05) is 43.4 Å². The molecule has 0 bridgehead atoms. The number of hydrogen-bond donors (Lipinski definition) is 3. The molecule has 0 atom stereocenters. The van der Waals surface area contributed by atoms with Gasteiger partial charge in [-0.05, 0) is 67.7 Å². The number of likely N-dealkylation sites (N-methyl/N-ethyl adjacent to an activating group) is 1. The van der Waals surface area contributed by atoms with E-state index < -0.39 is 5.76 Å². The van der Waals surface area contributed by atoms with Crippen molar-refractivity contribution in [3.05, 3.63) is 89.0 Å². The molecule has 192 valence electrons. The summed E-state index contributed by atoms with van der Waals surface area (Å²) in [5, 5.41) is 9.93. The third kappa shape index (κ3) is 5.16. The van der Waals surface area contributed by atoms with Crippen LogP contribution in [-0.4, -0.2) is 46.5 Å². The Kier molecular flexibility index (Phi) is 6.85. The Hall–Kier alpha value is -4.27. The number of anilines is 1. The van der Waals surface area contributed by atoms with Crippen molar-refractivity contribution in [3.63, 3.8) is 0 Å². The van der Waals surface area contributed by atoms with E-state index in [1.54, 1.807) is 18.2 Å². The summed E-state index contributed by atoms with van der Waals surface area (Å²) < 4.78 is 6.60. The fourth-order valence-corrected chi connectivity index (χ4v) is 5.08. The maximum Gasteiger partial charge on any atom is 0.420 e. The maximum atomic E-state index is 12.7. The highest BCUT2D eigenvalue weighted by atomic mass is 16.4. The number of amides is 1. The van der Waals surface area contributed by atoms with E-state index in [9.17, 15) is 9.59 Å². The molecule has 3 aromatic rings. The lowest BCUT2D eigenvalue weighted by atomic mass is 9.91. The predicted octanol–water partition coefficient (Wildman–Crippen LogP) is 3.43. The van der Waals surface area contributed by atoms with Gasteiger partial charge in [0.05, 0.1) is 5.52 Å². The number of carbonyl (C=O) groups excluding carboxylic acids is 1. The van der Waals surface area contributed by atoms with Crippen LogP contribution in [0.4, 0.5) is 5.82 Å². The highest BCUT2D eigenvalue weighted by Crippen LogP contribution is 2.29. The number of nitrogens with one attached hydrogen (secondary N) is 3. The SMILES string of the molecule is C=C1C=CC(c2ccnc(NC3CCC(NC(=O)Cn4c(=O)oc5ccccc54)CC3)c2)=C(NC)N1C. The number of oxazole rings is 1. The van der Waals surface area contributed by atoms with Crippen molar-refractivity contribution in [1.29, 1.82) is 0 Å². The van der Waals surface area contributed by atoms with Gasteiger partial charge in [0.2, 0.25) is 5.91 Å². The molecule has 1 saturated carbocycles. The monoisotopic (exact) mass is 500 g/mol. The average Bonchev–Trinajstić information content (AvgIpc) is 3.21. The van der Waals surface area contributed by atoms with Crippen molar-refractivity contribution in [1.82, 2.24) is 25.1 Å².